The first kappa shape index (κ1) is 13.4. The Morgan fingerprint density at radius 1 is 1.54 bits per heavy atom. The fourth-order valence-corrected chi connectivity index (χ4v) is 0.607. The predicted molar refractivity (Wildman–Crippen MR) is 51.5 cm³/mol. The molecular formula is C5H7Cl4NO3. The lowest BCUT2D eigenvalue weighted by Gasteiger charge is -2.19. The van der Waals surface area contributed by atoms with E-state index in [9.17, 15) is 4.79 Å². The molecule has 0 aliphatic rings. The van der Waals surface area contributed by atoms with Crippen molar-refractivity contribution in [3.05, 3.63) is 0 Å². The summed E-state index contributed by atoms with van der Waals surface area (Å²) >= 11 is 21.0. The lowest BCUT2D eigenvalue weighted by atomic mass is 10.6. The van der Waals surface area contributed by atoms with Crippen molar-refractivity contribution < 1.29 is 14.6 Å². The minimum absolute atomic E-state index is 0.0139. The van der Waals surface area contributed by atoms with Crippen molar-refractivity contribution in [1.29, 1.82) is 0 Å². The molecule has 4 nitrogen and oxygen atoms in total. The summed E-state index contributed by atoms with van der Waals surface area (Å²) in [6, 6.07) is 0. The Labute approximate surface area is 95.0 Å². The number of hydrogen-bond donors (Lipinski definition) is 2. The van der Waals surface area contributed by atoms with Gasteiger partial charge in [0.15, 0.2) is 6.23 Å². The van der Waals surface area contributed by atoms with E-state index in [-0.39, 0.29) is 12.5 Å². The van der Waals surface area contributed by atoms with E-state index in [1.165, 1.54) is 0 Å². The molecular weight excluding hydrogens is 264 g/mol. The first-order valence-electron chi connectivity index (χ1n) is 3.12. The molecule has 0 saturated carbocycles. The molecule has 0 bridgehead atoms. The number of carbonyl (C=O) groups is 1. The van der Waals surface area contributed by atoms with Gasteiger partial charge in [0.1, 0.15) is 6.61 Å². The molecule has 1 amide bonds. The van der Waals surface area contributed by atoms with E-state index in [4.69, 9.17) is 51.5 Å². The summed E-state index contributed by atoms with van der Waals surface area (Å²) in [6.07, 6.45) is -2.53. The summed E-state index contributed by atoms with van der Waals surface area (Å²) in [5, 5.41) is 10.9. The Bertz CT molecular complexity index is 172. The van der Waals surface area contributed by atoms with Gasteiger partial charge < -0.3 is 9.84 Å². The molecule has 0 heterocycles. The van der Waals surface area contributed by atoms with Crippen LogP contribution in [0.3, 0.4) is 0 Å². The second-order valence-electron chi connectivity index (χ2n) is 1.91. The summed E-state index contributed by atoms with van der Waals surface area (Å²) in [5.74, 6) is 0.150. The van der Waals surface area contributed by atoms with Crippen molar-refractivity contribution in [2.45, 2.75) is 10.0 Å². The first-order valence-corrected chi connectivity index (χ1v) is 4.79. The van der Waals surface area contributed by atoms with Gasteiger partial charge in [-0.2, -0.15) is 0 Å². The highest BCUT2D eigenvalue weighted by Crippen LogP contribution is 2.28. The molecule has 78 valence electrons. The van der Waals surface area contributed by atoms with Crippen molar-refractivity contribution in [2.75, 3.05) is 12.5 Å². The molecule has 0 aromatic rings. The number of aliphatic hydroxyl groups excluding tert-OH is 1. The maximum atomic E-state index is 10.7. The van der Waals surface area contributed by atoms with Gasteiger partial charge in [0.05, 0.1) is 5.88 Å². The van der Waals surface area contributed by atoms with Crippen LogP contribution in [0.5, 0.6) is 0 Å². The highest BCUT2D eigenvalue weighted by atomic mass is 35.6. The third kappa shape index (κ3) is 6.46. The third-order valence-corrected chi connectivity index (χ3v) is 1.65. The second-order valence-corrected chi connectivity index (χ2v) is 4.66. The van der Waals surface area contributed by atoms with Crippen LogP contribution in [0.15, 0.2) is 0 Å². The van der Waals surface area contributed by atoms with Gasteiger partial charge in [-0.25, -0.2) is 4.79 Å². The lowest BCUT2D eigenvalue weighted by molar-refractivity contribution is 0.104. The fraction of sp³-hybridized carbons (Fsp3) is 0.800. The normalized spacial score (nSPS) is 13.6. The Morgan fingerprint density at radius 3 is 2.46 bits per heavy atom. The zero-order valence-corrected chi connectivity index (χ0v) is 9.29. The number of amides is 1. The van der Waals surface area contributed by atoms with Gasteiger partial charge in [0.25, 0.3) is 0 Å². The van der Waals surface area contributed by atoms with Crippen LogP contribution in [0.2, 0.25) is 0 Å². The molecule has 0 aromatic heterocycles. The summed E-state index contributed by atoms with van der Waals surface area (Å²) in [5.41, 5.74) is 0. The largest absolute Gasteiger partial charge is 0.448 e. The van der Waals surface area contributed by atoms with Crippen molar-refractivity contribution in [1.82, 2.24) is 5.32 Å². The molecule has 2 N–H and O–H groups in total. The highest BCUT2D eigenvalue weighted by Gasteiger charge is 2.32. The van der Waals surface area contributed by atoms with Gasteiger partial charge in [0, 0.05) is 0 Å². The SMILES string of the molecule is O=C(NC(O)C(Cl)(Cl)Cl)OCCCl. The summed E-state index contributed by atoms with van der Waals surface area (Å²) in [7, 11) is 0. The zero-order chi connectivity index (χ0) is 10.5. The maximum Gasteiger partial charge on any atom is 0.409 e. The highest BCUT2D eigenvalue weighted by molar-refractivity contribution is 6.68. The van der Waals surface area contributed by atoms with Crippen LogP contribution < -0.4 is 5.32 Å². The van der Waals surface area contributed by atoms with Crippen molar-refractivity contribution in [2.24, 2.45) is 0 Å². The van der Waals surface area contributed by atoms with Gasteiger partial charge in [-0.15, -0.1) is 11.6 Å². The first-order chi connectivity index (χ1) is 5.88. The van der Waals surface area contributed by atoms with Crippen molar-refractivity contribution >= 4 is 52.5 Å². The molecule has 0 fully saturated rings. The van der Waals surface area contributed by atoms with Gasteiger partial charge in [-0.1, -0.05) is 34.8 Å². The molecule has 1 unspecified atom stereocenters. The number of alkyl carbamates (subject to hydrolysis) is 1. The number of halogens is 4. The van der Waals surface area contributed by atoms with E-state index < -0.39 is 16.1 Å². The lowest BCUT2D eigenvalue weighted by Crippen LogP contribution is -2.43. The minimum atomic E-state index is -1.99. The van der Waals surface area contributed by atoms with Gasteiger partial charge >= 0.3 is 6.09 Å². The maximum absolute atomic E-state index is 10.7. The molecule has 0 spiro atoms. The molecule has 8 heteroatoms. The molecule has 0 aromatic carbocycles. The van der Waals surface area contributed by atoms with E-state index >= 15 is 0 Å². The van der Waals surface area contributed by atoms with Crippen molar-refractivity contribution in [3.8, 4) is 0 Å². The quantitative estimate of drug-likeness (QED) is 0.606. The van der Waals surface area contributed by atoms with Crippen molar-refractivity contribution in [3.63, 3.8) is 0 Å². The van der Waals surface area contributed by atoms with Gasteiger partial charge in [-0.3, -0.25) is 5.32 Å². The van der Waals surface area contributed by atoms with E-state index in [0.717, 1.165) is 0 Å². The average Bonchev–Trinajstić information content (AvgIpc) is 1.99. The molecule has 0 radical (unpaired) electrons. The number of nitrogens with one attached hydrogen (secondary N) is 1. The molecule has 0 rings (SSSR count). The number of aliphatic hydroxyl groups is 1. The molecule has 1 atom stereocenters. The monoisotopic (exact) mass is 269 g/mol. The van der Waals surface area contributed by atoms with E-state index in [1.807, 2.05) is 5.32 Å². The number of carbonyl (C=O) groups excluding carboxylic acids is 1. The van der Waals surface area contributed by atoms with Crippen LogP contribution in [0.1, 0.15) is 0 Å². The van der Waals surface area contributed by atoms with E-state index in [2.05, 4.69) is 4.74 Å². The Balaban J connectivity index is 3.79. The van der Waals surface area contributed by atoms with Crippen LogP contribution in [0, 0.1) is 0 Å². The third-order valence-electron chi connectivity index (χ3n) is 0.875. The minimum Gasteiger partial charge on any atom is -0.448 e. The summed E-state index contributed by atoms with van der Waals surface area (Å²) < 4.78 is 2.45. The Hall–Kier alpha value is 0.390. The molecule has 0 aliphatic heterocycles. The van der Waals surface area contributed by atoms with E-state index in [0.29, 0.717) is 0 Å². The molecule has 0 aliphatic carbocycles. The van der Waals surface area contributed by atoms with Crippen LogP contribution >= 0.6 is 46.4 Å². The Kier molecular flexibility index (Phi) is 6.16. The van der Waals surface area contributed by atoms with Gasteiger partial charge in [0.2, 0.25) is 3.79 Å². The topological polar surface area (TPSA) is 58.6 Å². The predicted octanol–water partition coefficient (Wildman–Crippen LogP) is 1.64. The molecule has 13 heavy (non-hydrogen) atoms. The summed E-state index contributed by atoms with van der Waals surface area (Å²) in [4.78, 5) is 10.7. The van der Waals surface area contributed by atoms with Crippen LogP contribution in [-0.2, 0) is 4.74 Å². The summed E-state index contributed by atoms with van der Waals surface area (Å²) in [6.45, 7) is 0.0139. The number of hydrogen-bond acceptors (Lipinski definition) is 3. The fourth-order valence-electron chi connectivity index (χ4n) is 0.366. The van der Waals surface area contributed by atoms with Gasteiger partial charge in [-0.05, 0) is 0 Å². The number of alkyl halides is 4. The van der Waals surface area contributed by atoms with E-state index in [1.54, 1.807) is 0 Å². The average molecular weight is 271 g/mol. The van der Waals surface area contributed by atoms with Crippen LogP contribution in [-0.4, -0.2) is 33.7 Å². The van der Waals surface area contributed by atoms with Crippen LogP contribution in [0.25, 0.3) is 0 Å². The zero-order valence-electron chi connectivity index (χ0n) is 6.27. The number of ether oxygens (including phenoxy) is 1. The second kappa shape index (κ2) is 5.98. The smallest absolute Gasteiger partial charge is 0.409 e. The standard InChI is InChI=1S/C5H7Cl4NO3/c6-1-2-13-4(12)10-3(11)5(7,8)9/h3,11H,1-2H2,(H,10,12). The Morgan fingerprint density at radius 2 is 2.08 bits per heavy atom. The number of rotatable bonds is 3. The molecule has 0 saturated heterocycles. The van der Waals surface area contributed by atoms with Crippen LogP contribution in [0.4, 0.5) is 4.79 Å².